The molecule has 1 amide bonds. The molecule has 23 heavy (non-hydrogen) atoms. The van der Waals surface area contributed by atoms with Crippen molar-refractivity contribution in [3.8, 4) is 11.8 Å². The van der Waals surface area contributed by atoms with E-state index in [9.17, 15) is 4.79 Å². The summed E-state index contributed by atoms with van der Waals surface area (Å²) in [5.74, 6) is 0.467. The SMILES string of the molecule is C[C@H](Oc1cccc(C#N)c1)C(=O)N1c2ccccc2C[C@@H]1C. The number of ether oxygens (including phenoxy) is 1. The van der Waals surface area contributed by atoms with E-state index in [0.29, 0.717) is 11.3 Å². The summed E-state index contributed by atoms with van der Waals surface area (Å²) >= 11 is 0. The summed E-state index contributed by atoms with van der Waals surface area (Å²) in [7, 11) is 0. The van der Waals surface area contributed by atoms with Gasteiger partial charge in [-0.1, -0.05) is 24.3 Å². The largest absolute Gasteiger partial charge is 0.481 e. The highest BCUT2D eigenvalue weighted by Crippen LogP contribution is 2.32. The zero-order valence-electron chi connectivity index (χ0n) is 13.2. The summed E-state index contributed by atoms with van der Waals surface area (Å²) in [6, 6.07) is 17.0. The molecule has 0 bridgehead atoms. The number of carbonyl (C=O) groups is 1. The Hall–Kier alpha value is -2.80. The molecule has 1 heterocycles. The standard InChI is InChI=1S/C19H18N2O2/c1-13-10-16-7-3-4-9-18(16)21(13)19(22)14(2)23-17-8-5-6-15(11-17)12-20/h3-9,11,13-14H,10H2,1-2H3/t13-,14-/m0/s1. The van der Waals surface area contributed by atoms with Gasteiger partial charge >= 0.3 is 0 Å². The van der Waals surface area contributed by atoms with Crippen LogP contribution in [0.3, 0.4) is 0 Å². The zero-order valence-corrected chi connectivity index (χ0v) is 13.2. The minimum atomic E-state index is -0.613. The molecule has 4 nitrogen and oxygen atoms in total. The number of hydrogen-bond acceptors (Lipinski definition) is 3. The Morgan fingerprint density at radius 3 is 2.87 bits per heavy atom. The molecule has 1 aliphatic heterocycles. The van der Waals surface area contributed by atoms with Gasteiger partial charge in [-0.2, -0.15) is 5.26 Å². The molecule has 0 radical (unpaired) electrons. The number of rotatable bonds is 3. The van der Waals surface area contributed by atoms with Crippen molar-refractivity contribution in [3.63, 3.8) is 0 Å². The van der Waals surface area contributed by atoms with E-state index in [1.54, 1.807) is 31.2 Å². The van der Waals surface area contributed by atoms with E-state index >= 15 is 0 Å². The lowest BCUT2D eigenvalue weighted by atomic mass is 10.1. The Labute approximate surface area is 135 Å². The number of nitriles is 1. The normalized spacial score (nSPS) is 17.3. The van der Waals surface area contributed by atoms with Crippen molar-refractivity contribution in [3.05, 3.63) is 59.7 Å². The Morgan fingerprint density at radius 2 is 2.09 bits per heavy atom. The summed E-state index contributed by atoms with van der Waals surface area (Å²) in [6.45, 7) is 3.79. The van der Waals surface area contributed by atoms with Gasteiger partial charge in [-0.3, -0.25) is 4.79 Å². The average molecular weight is 306 g/mol. The van der Waals surface area contributed by atoms with Crippen LogP contribution in [0.1, 0.15) is 25.0 Å². The van der Waals surface area contributed by atoms with Crippen molar-refractivity contribution in [2.75, 3.05) is 4.90 Å². The Kier molecular flexibility index (Phi) is 4.03. The van der Waals surface area contributed by atoms with Crippen LogP contribution in [-0.4, -0.2) is 18.1 Å². The van der Waals surface area contributed by atoms with Gasteiger partial charge in [0.1, 0.15) is 5.75 Å². The fourth-order valence-corrected chi connectivity index (χ4v) is 2.99. The number of carbonyl (C=O) groups excluding carboxylic acids is 1. The lowest BCUT2D eigenvalue weighted by Crippen LogP contribution is -2.43. The van der Waals surface area contributed by atoms with Crippen LogP contribution < -0.4 is 9.64 Å². The van der Waals surface area contributed by atoms with Crippen LogP contribution in [0.25, 0.3) is 0 Å². The Morgan fingerprint density at radius 1 is 1.30 bits per heavy atom. The molecule has 0 aliphatic carbocycles. The second-order valence-electron chi connectivity index (χ2n) is 5.79. The van der Waals surface area contributed by atoms with Crippen LogP contribution in [-0.2, 0) is 11.2 Å². The third-order valence-corrected chi connectivity index (χ3v) is 4.07. The fraction of sp³-hybridized carbons (Fsp3) is 0.263. The zero-order chi connectivity index (χ0) is 16.4. The summed E-state index contributed by atoms with van der Waals surface area (Å²) in [5, 5.41) is 8.94. The first-order valence-corrected chi connectivity index (χ1v) is 7.68. The topological polar surface area (TPSA) is 53.3 Å². The maximum Gasteiger partial charge on any atom is 0.268 e. The molecule has 2 atom stereocenters. The lowest BCUT2D eigenvalue weighted by Gasteiger charge is -2.26. The average Bonchev–Trinajstić information content (AvgIpc) is 2.90. The molecule has 1 aliphatic rings. The predicted molar refractivity (Wildman–Crippen MR) is 88.3 cm³/mol. The molecular weight excluding hydrogens is 288 g/mol. The molecule has 0 fully saturated rings. The second kappa shape index (κ2) is 6.13. The molecular formula is C19H18N2O2. The van der Waals surface area contributed by atoms with E-state index < -0.39 is 6.10 Å². The molecule has 0 unspecified atom stereocenters. The molecule has 0 spiro atoms. The first kappa shape index (κ1) is 15.1. The number of nitrogens with zero attached hydrogens (tertiary/aromatic N) is 2. The van der Waals surface area contributed by atoms with Crippen molar-refractivity contribution >= 4 is 11.6 Å². The Bertz CT molecular complexity index is 779. The van der Waals surface area contributed by atoms with E-state index in [-0.39, 0.29) is 11.9 Å². The van der Waals surface area contributed by atoms with Crippen molar-refractivity contribution < 1.29 is 9.53 Å². The van der Waals surface area contributed by atoms with Crippen molar-refractivity contribution in [2.24, 2.45) is 0 Å². The number of fused-ring (bicyclic) bond motifs is 1. The highest BCUT2D eigenvalue weighted by molar-refractivity contribution is 5.99. The monoisotopic (exact) mass is 306 g/mol. The summed E-state index contributed by atoms with van der Waals surface area (Å²) in [6.07, 6.45) is 0.246. The second-order valence-corrected chi connectivity index (χ2v) is 5.79. The van der Waals surface area contributed by atoms with E-state index in [1.807, 2.05) is 30.0 Å². The molecule has 0 saturated carbocycles. The van der Waals surface area contributed by atoms with Gasteiger partial charge in [0.25, 0.3) is 5.91 Å². The van der Waals surface area contributed by atoms with Gasteiger partial charge in [0.05, 0.1) is 11.6 Å². The number of hydrogen-bond donors (Lipinski definition) is 0. The van der Waals surface area contributed by atoms with Crippen LogP contribution in [0.15, 0.2) is 48.5 Å². The first-order valence-electron chi connectivity index (χ1n) is 7.68. The van der Waals surface area contributed by atoms with Crippen LogP contribution in [0.4, 0.5) is 5.69 Å². The molecule has 116 valence electrons. The lowest BCUT2D eigenvalue weighted by molar-refractivity contribution is -0.124. The van der Waals surface area contributed by atoms with Gasteiger partial charge in [0.15, 0.2) is 6.10 Å². The van der Waals surface area contributed by atoms with E-state index in [2.05, 4.69) is 12.1 Å². The minimum Gasteiger partial charge on any atom is -0.481 e. The first-order chi connectivity index (χ1) is 11.1. The molecule has 2 aromatic carbocycles. The van der Waals surface area contributed by atoms with Gasteiger partial charge < -0.3 is 9.64 Å². The predicted octanol–water partition coefficient (Wildman–Crippen LogP) is 3.30. The maximum atomic E-state index is 12.8. The summed E-state index contributed by atoms with van der Waals surface area (Å²) in [4.78, 5) is 14.6. The van der Waals surface area contributed by atoms with Gasteiger partial charge in [-0.05, 0) is 50.1 Å². The number of para-hydroxylation sites is 1. The number of amides is 1. The third kappa shape index (κ3) is 2.91. The molecule has 0 aromatic heterocycles. The fourth-order valence-electron chi connectivity index (χ4n) is 2.99. The summed E-state index contributed by atoms with van der Waals surface area (Å²) < 4.78 is 5.75. The number of benzene rings is 2. The molecule has 4 heteroatoms. The molecule has 2 aromatic rings. The van der Waals surface area contributed by atoms with Gasteiger partial charge in [-0.25, -0.2) is 0 Å². The van der Waals surface area contributed by atoms with Crippen LogP contribution in [0.2, 0.25) is 0 Å². The minimum absolute atomic E-state index is 0.0650. The van der Waals surface area contributed by atoms with Crippen LogP contribution in [0.5, 0.6) is 5.75 Å². The summed E-state index contributed by atoms with van der Waals surface area (Å²) in [5.41, 5.74) is 2.67. The highest BCUT2D eigenvalue weighted by Gasteiger charge is 2.33. The van der Waals surface area contributed by atoms with Gasteiger partial charge in [0, 0.05) is 11.7 Å². The maximum absolute atomic E-state index is 12.8. The van der Waals surface area contributed by atoms with Crippen molar-refractivity contribution in [1.82, 2.24) is 0 Å². The van der Waals surface area contributed by atoms with Crippen molar-refractivity contribution in [1.29, 1.82) is 5.26 Å². The van der Waals surface area contributed by atoms with Crippen LogP contribution in [0, 0.1) is 11.3 Å². The van der Waals surface area contributed by atoms with Gasteiger partial charge in [0.2, 0.25) is 0 Å². The molecule has 0 N–H and O–H groups in total. The molecule has 0 saturated heterocycles. The van der Waals surface area contributed by atoms with Crippen LogP contribution >= 0.6 is 0 Å². The van der Waals surface area contributed by atoms with E-state index in [4.69, 9.17) is 10.00 Å². The molecule has 3 rings (SSSR count). The Balaban J connectivity index is 1.79. The number of anilines is 1. The smallest absolute Gasteiger partial charge is 0.268 e. The van der Waals surface area contributed by atoms with Gasteiger partial charge in [-0.15, -0.1) is 0 Å². The van der Waals surface area contributed by atoms with E-state index in [1.165, 1.54) is 5.56 Å². The quantitative estimate of drug-likeness (QED) is 0.874. The highest BCUT2D eigenvalue weighted by atomic mass is 16.5. The third-order valence-electron chi connectivity index (χ3n) is 4.07. The van der Waals surface area contributed by atoms with Crippen molar-refractivity contribution in [2.45, 2.75) is 32.4 Å². The van der Waals surface area contributed by atoms with E-state index in [0.717, 1.165) is 12.1 Å².